The highest BCUT2D eigenvalue weighted by molar-refractivity contribution is 5.89. The number of hydrogen-bond donors (Lipinski definition) is 3. The molecule has 3 aliphatic rings. The Bertz CT molecular complexity index is 1650. The molecule has 3 aliphatic heterocycles. The highest BCUT2D eigenvalue weighted by Gasteiger charge is 2.40. The van der Waals surface area contributed by atoms with E-state index in [-0.39, 0.29) is 62.4 Å². The molecule has 0 spiro atoms. The van der Waals surface area contributed by atoms with Crippen molar-refractivity contribution in [1.82, 2.24) is 25.4 Å². The average Bonchev–Trinajstić information content (AvgIpc) is 3.74. The zero-order valence-electron chi connectivity index (χ0n) is 24.8. The van der Waals surface area contributed by atoms with Crippen LogP contribution in [0.15, 0.2) is 40.8 Å². The Hall–Kier alpha value is -5.27. The van der Waals surface area contributed by atoms with Crippen LogP contribution < -0.4 is 20.1 Å². The number of amides is 4. The molecule has 1 aromatic heterocycles. The molecular formula is C31H33N5O9. The molecule has 0 unspecified atom stereocenters. The molecule has 0 saturated carbocycles. The Labute approximate surface area is 258 Å². The predicted octanol–water partition coefficient (Wildman–Crippen LogP) is 2.26. The number of aryl methyl sites for hydroxylation is 2. The van der Waals surface area contributed by atoms with Crippen LogP contribution in [0.25, 0.3) is 11.5 Å². The van der Waals surface area contributed by atoms with E-state index in [2.05, 4.69) is 15.6 Å². The van der Waals surface area contributed by atoms with Gasteiger partial charge in [-0.1, -0.05) is 6.07 Å². The molecule has 6 rings (SSSR count). The van der Waals surface area contributed by atoms with Gasteiger partial charge in [0.05, 0.1) is 20.2 Å². The highest BCUT2D eigenvalue weighted by atomic mass is 16.6. The van der Waals surface area contributed by atoms with Crippen LogP contribution in [0.3, 0.4) is 0 Å². The number of aromatic nitrogens is 1. The van der Waals surface area contributed by atoms with E-state index in [4.69, 9.17) is 18.6 Å². The second-order valence-corrected chi connectivity index (χ2v) is 11.1. The third-order valence-corrected chi connectivity index (χ3v) is 8.07. The summed E-state index contributed by atoms with van der Waals surface area (Å²) in [6.45, 7) is 2.28. The quantitative estimate of drug-likeness (QED) is 0.393. The van der Waals surface area contributed by atoms with Crippen molar-refractivity contribution in [3.8, 4) is 34.5 Å². The number of oxazole rings is 1. The minimum atomic E-state index is -0.840. The summed E-state index contributed by atoms with van der Waals surface area (Å²) in [6, 6.07) is 8.63. The third-order valence-electron chi connectivity index (χ3n) is 8.07. The number of rotatable bonds is 4. The summed E-state index contributed by atoms with van der Waals surface area (Å²) < 4.78 is 22.3. The van der Waals surface area contributed by atoms with E-state index in [9.17, 15) is 24.3 Å². The molecule has 0 radical (unpaired) electrons. The van der Waals surface area contributed by atoms with Crippen LogP contribution in [0.4, 0.5) is 4.79 Å². The lowest BCUT2D eigenvalue weighted by Crippen LogP contribution is -2.46. The fourth-order valence-electron chi connectivity index (χ4n) is 5.68. The molecule has 14 heteroatoms. The molecule has 6 bridgehead atoms. The molecule has 4 amide bonds. The number of hydrogen-bond acceptors (Lipinski definition) is 10. The van der Waals surface area contributed by atoms with Gasteiger partial charge in [-0.15, -0.1) is 0 Å². The van der Waals surface area contributed by atoms with Crippen molar-refractivity contribution in [2.45, 2.75) is 44.8 Å². The van der Waals surface area contributed by atoms with Crippen molar-refractivity contribution in [2.24, 2.45) is 0 Å². The zero-order valence-corrected chi connectivity index (χ0v) is 24.8. The maximum atomic E-state index is 13.5. The number of fused-ring (bicyclic) bond motifs is 8. The number of phenols is 1. The van der Waals surface area contributed by atoms with E-state index in [1.807, 2.05) is 0 Å². The summed E-state index contributed by atoms with van der Waals surface area (Å²) in [6.07, 6.45) is 0.0192. The Kier molecular flexibility index (Phi) is 8.20. The smallest absolute Gasteiger partial charge is 0.410 e. The fraction of sp³-hybridized carbons (Fsp3) is 0.387. The van der Waals surface area contributed by atoms with E-state index >= 15 is 0 Å². The average molecular weight is 620 g/mol. The number of cyclic esters (lactones) is 1. The SMILES string of the molecule is COc1ccc2cc1Oc1cc(ccc1O)CCC(=O)N1C[C@@H](NC(=O)CN3CCOC3=O)C[C@H]1C(=O)NCc1nc-2oc1C. The number of benzene rings is 2. The molecule has 14 nitrogen and oxygen atoms in total. The lowest BCUT2D eigenvalue weighted by atomic mass is 10.1. The molecule has 3 N–H and O–H groups in total. The molecule has 2 atom stereocenters. The standard InChI is InChI=1S/C31H33N5O9/c1-17-21-14-32-29(40)22-13-20(33-27(38)16-35-9-10-43-31(35)41)15-36(22)28(39)8-4-18-3-6-23(37)25(11-18)45-26-12-19(30(34-21)44-17)5-7-24(26)42-2/h3,5-7,11-12,20,22,37H,4,8-10,13-16H2,1-2H3,(H,32,40)(H,33,38)/t20-,22-/m0/s1. The minimum absolute atomic E-state index is 0.0543. The number of methoxy groups -OCH3 is 1. The summed E-state index contributed by atoms with van der Waals surface area (Å²) in [4.78, 5) is 58.9. The lowest BCUT2D eigenvalue weighted by molar-refractivity contribution is -0.138. The summed E-state index contributed by atoms with van der Waals surface area (Å²) in [5.41, 5.74) is 1.82. The van der Waals surface area contributed by atoms with Crippen molar-refractivity contribution in [2.75, 3.05) is 33.4 Å². The molecule has 0 aliphatic carbocycles. The lowest BCUT2D eigenvalue weighted by Gasteiger charge is -2.24. The number of aromatic hydroxyl groups is 1. The molecule has 45 heavy (non-hydrogen) atoms. The van der Waals surface area contributed by atoms with Crippen LogP contribution in [0, 0.1) is 6.92 Å². The van der Waals surface area contributed by atoms with Crippen molar-refractivity contribution in [1.29, 1.82) is 0 Å². The van der Waals surface area contributed by atoms with Crippen molar-refractivity contribution < 1.29 is 42.9 Å². The van der Waals surface area contributed by atoms with E-state index in [1.54, 1.807) is 37.3 Å². The number of carbonyl (C=O) groups excluding carboxylic acids is 4. The predicted molar refractivity (Wildman–Crippen MR) is 157 cm³/mol. The van der Waals surface area contributed by atoms with Gasteiger partial charge in [0, 0.05) is 24.6 Å². The normalized spacial score (nSPS) is 20.0. The molecule has 3 aromatic rings. The summed E-state index contributed by atoms with van der Waals surface area (Å²) in [5.74, 6) is 0.539. The van der Waals surface area contributed by atoms with Gasteiger partial charge in [-0.3, -0.25) is 19.3 Å². The zero-order chi connectivity index (χ0) is 31.7. The van der Waals surface area contributed by atoms with Gasteiger partial charge in [0.25, 0.3) is 0 Å². The van der Waals surface area contributed by atoms with Crippen molar-refractivity contribution in [3.05, 3.63) is 53.4 Å². The summed E-state index contributed by atoms with van der Waals surface area (Å²) in [7, 11) is 1.50. The van der Waals surface area contributed by atoms with Gasteiger partial charge in [0.15, 0.2) is 23.0 Å². The van der Waals surface area contributed by atoms with Crippen LogP contribution in [0.1, 0.15) is 29.9 Å². The number of carbonyl (C=O) groups is 4. The van der Waals surface area contributed by atoms with E-state index in [0.717, 1.165) is 5.56 Å². The van der Waals surface area contributed by atoms with E-state index in [0.29, 0.717) is 47.4 Å². The van der Waals surface area contributed by atoms with E-state index < -0.39 is 24.1 Å². The van der Waals surface area contributed by atoms with Gasteiger partial charge in [0.2, 0.25) is 23.6 Å². The number of nitrogens with one attached hydrogen (secondary N) is 2. The summed E-state index contributed by atoms with van der Waals surface area (Å²) >= 11 is 0. The number of nitrogens with zero attached hydrogens (tertiary/aromatic N) is 3. The summed E-state index contributed by atoms with van der Waals surface area (Å²) in [5, 5.41) is 16.3. The Morgan fingerprint density at radius 2 is 2.00 bits per heavy atom. The van der Waals surface area contributed by atoms with Gasteiger partial charge < -0.3 is 39.3 Å². The maximum Gasteiger partial charge on any atom is 0.410 e. The first-order valence-electron chi connectivity index (χ1n) is 14.6. The van der Waals surface area contributed by atoms with Crippen molar-refractivity contribution in [3.63, 3.8) is 0 Å². The Morgan fingerprint density at radius 1 is 1.16 bits per heavy atom. The molecular weight excluding hydrogens is 586 g/mol. The molecule has 2 fully saturated rings. The van der Waals surface area contributed by atoms with Gasteiger partial charge in [-0.2, -0.15) is 0 Å². The monoisotopic (exact) mass is 619 g/mol. The molecule has 2 saturated heterocycles. The van der Waals surface area contributed by atoms with Gasteiger partial charge in [0.1, 0.15) is 30.6 Å². The maximum absolute atomic E-state index is 13.5. The first-order chi connectivity index (χ1) is 21.7. The minimum Gasteiger partial charge on any atom is -0.504 e. The Morgan fingerprint density at radius 3 is 2.78 bits per heavy atom. The van der Waals surface area contributed by atoms with E-state index in [1.165, 1.54) is 23.0 Å². The molecule has 2 aromatic carbocycles. The third kappa shape index (κ3) is 6.35. The first-order valence-corrected chi connectivity index (χ1v) is 14.6. The number of ether oxygens (including phenoxy) is 3. The largest absolute Gasteiger partial charge is 0.504 e. The van der Waals surface area contributed by atoms with Crippen molar-refractivity contribution >= 4 is 23.8 Å². The molecule has 4 heterocycles. The van der Waals surface area contributed by atoms with Gasteiger partial charge >= 0.3 is 6.09 Å². The second-order valence-electron chi connectivity index (χ2n) is 11.1. The van der Waals surface area contributed by atoms with Crippen LogP contribution in [0.5, 0.6) is 23.0 Å². The topological polar surface area (TPSA) is 173 Å². The number of phenolic OH excluding ortho intramolecular Hbond substituents is 1. The second kappa shape index (κ2) is 12.4. The van der Waals surface area contributed by atoms with Crippen LogP contribution >= 0.6 is 0 Å². The molecule has 236 valence electrons. The van der Waals surface area contributed by atoms with Gasteiger partial charge in [-0.05, 0) is 55.7 Å². The Balaban J connectivity index is 1.28. The fourth-order valence-corrected chi connectivity index (χ4v) is 5.68. The first kappa shape index (κ1) is 29.8. The van der Waals surface area contributed by atoms with Gasteiger partial charge in [-0.25, -0.2) is 9.78 Å². The van der Waals surface area contributed by atoms with Crippen LogP contribution in [-0.2, 0) is 32.1 Å². The van der Waals surface area contributed by atoms with Crippen LogP contribution in [-0.4, -0.2) is 89.1 Å². The van der Waals surface area contributed by atoms with Crippen LogP contribution in [0.2, 0.25) is 0 Å². The highest BCUT2D eigenvalue weighted by Crippen LogP contribution is 2.39.